The van der Waals surface area contributed by atoms with Gasteiger partial charge in [0.25, 0.3) is 0 Å². The maximum absolute atomic E-state index is 11.1. The molecule has 1 heterocycles. The lowest BCUT2D eigenvalue weighted by molar-refractivity contribution is -0.120. The Morgan fingerprint density at radius 3 is 2.93 bits per heavy atom. The van der Waals surface area contributed by atoms with E-state index in [1.54, 1.807) is 6.92 Å². The summed E-state index contributed by atoms with van der Waals surface area (Å²) in [6, 6.07) is 0. The molecule has 7 heteroatoms. The SMILES string of the molecule is Cc1nc(CNC(=O)CC(N)=S)no1. The highest BCUT2D eigenvalue weighted by molar-refractivity contribution is 7.80. The first-order valence-corrected chi connectivity index (χ1v) is 4.33. The number of nitrogens with two attached hydrogens (primary N) is 1. The zero-order chi connectivity index (χ0) is 10.6. The van der Waals surface area contributed by atoms with Crippen molar-refractivity contribution >= 4 is 23.1 Å². The summed E-state index contributed by atoms with van der Waals surface area (Å²) in [7, 11) is 0. The number of rotatable bonds is 4. The fraction of sp³-hybridized carbons (Fsp3) is 0.429. The second-order valence-corrected chi connectivity index (χ2v) is 3.17. The number of carbonyl (C=O) groups is 1. The van der Waals surface area contributed by atoms with Crippen molar-refractivity contribution in [2.45, 2.75) is 19.9 Å². The molecule has 0 saturated carbocycles. The summed E-state index contributed by atoms with van der Waals surface area (Å²) in [5.74, 6) is 0.641. The predicted molar refractivity (Wildman–Crippen MR) is 52.3 cm³/mol. The Hall–Kier alpha value is -1.50. The lowest BCUT2D eigenvalue weighted by atomic mass is 10.4. The molecule has 14 heavy (non-hydrogen) atoms. The van der Waals surface area contributed by atoms with Gasteiger partial charge in [-0.25, -0.2) is 0 Å². The number of aromatic nitrogens is 2. The Labute approximate surface area is 85.9 Å². The van der Waals surface area contributed by atoms with Crippen LogP contribution in [0.5, 0.6) is 0 Å². The van der Waals surface area contributed by atoms with Gasteiger partial charge >= 0.3 is 0 Å². The van der Waals surface area contributed by atoms with Gasteiger partial charge in [-0.1, -0.05) is 17.4 Å². The van der Waals surface area contributed by atoms with Crippen LogP contribution in [0.25, 0.3) is 0 Å². The van der Waals surface area contributed by atoms with E-state index in [2.05, 4.69) is 27.7 Å². The molecule has 76 valence electrons. The fourth-order valence-electron chi connectivity index (χ4n) is 0.812. The molecular weight excluding hydrogens is 204 g/mol. The van der Waals surface area contributed by atoms with Crippen molar-refractivity contribution in [1.82, 2.24) is 15.5 Å². The zero-order valence-electron chi connectivity index (χ0n) is 7.61. The molecule has 1 aromatic heterocycles. The van der Waals surface area contributed by atoms with Crippen LogP contribution in [0.4, 0.5) is 0 Å². The van der Waals surface area contributed by atoms with E-state index in [1.165, 1.54) is 0 Å². The van der Waals surface area contributed by atoms with E-state index in [0.29, 0.717) is 11.7 Å². The molecule has 0 bridgehead atoms. The first kappa shape index (κ1) is 10.6. The van der Waals surface area contributed by atoms with Gasteiger partial charge in [-0.2, -0.15) is 4.98 Å². The fourth-order valence-corrected chi connectivity index (χ4v) is 0.943. The highest BCUT2D eigenvalue weighted by atomic mass is 32.1. The summed E-state index contributed by atoms with van der Waals surface area (Å²) in [5.41, 5.74) is 5.19. The van der Waals surface area contributed by atoms with Crippen LogP contribution in [0.3, 0.4) is 0 Å². The molecule has 1 amide bonds. The molecule has 0 aliphatic carbocycles. The minimum absolute atomic E-state index is 0.0339. The van der Waals surface area contributed by atoms with Crippen LogP contribution in [0, 0.1) is 6.92 Å². The van der Waals surface area contributed by atoms with Crippen LogP contribution in [0.15, 0.2) is 4.52 Å². The van der Waals surface area contributed by atoms with Crippen LogP contribution >= 0.6 is 12.2 Å². The van der Waals surface area contributed by atoms with Gasteiger partial charge in [0.15, 0.2) is 5.82 Å². The van der Waals surface area contributed by atoms with Gasteiger partial charge in [-0.15, -0.1) is 0 Å². The average Bonchev–Trinajstić information content (AvgIpc) is 2.47. The highest BCUT2D eigenvalue weighted by Gasteiger charge is 2.05. The summed E-state index contributed by atoms with van der Waals surface area (Å²) in [5, 5.41) is 6.15. The van der Waals surface area contributed by atoms with Crippen molar-refractivity contribution < 1.29 is 9.32 Å². The Kier molecular flexibility index (Phi) is 3.52. The molecule has 1 aromatic rings. The van der Waals surface area contributed by atoms with Crippen molar-refractivity contribution in [3.8, 4) is 0 Å². The van der Waals surface area contributed by atoms with E-state index in [1.807, 2.05) is 0 Å². The first-order chi connectivity index (χ1) is 6.58. The van der Waals surface area contributed by atoms with Crippen molar-refractivity contribution in [1.29, 1.82) is 0 Å². The van der Waals surface area contributed by atoms with Crippen LogP contribution in [0.1, 0.15) is 18.1 Å². The third-order valence-corrected chi connectivity index (χ3v) is 1.49. The lowest BCUT2D eigenvalue weighted by Gasteiger charge is -1.99. The number of hydrogen-bond donors (Lipinski definition) is 2. The summed E-state index contributed by atoms with van der Waals surface area (Å²) < 4.78 is 4.71. The van der Waals surface area contributed by atoms with E-state index >= 15 is 0 Å². The number of amides is 1. The summed E-state index contributed by atoms with van der Waals surface area (Å²) in [4.78, 5) is 15.1. The van der Waals surface area contributed by atoms with Gasteiger partial charge in [0, 0.05) is 6.92 Å². The second kappa shape index (κ2) is 4.66. The first-order valence-electron chi connectivity index (χ1n) is 3.92. The molecule has 3 N–H and O–H groups in total. The third kappa shape index (κ3) is 3.48. The van der Waals surface area contributed by atoms with E-state index in [-0.39, 0.29) is 23.9 Å². The van der Waals surface area contributed by atoms with Crippen LogP contribution in [-0.4, -0.2) is 21.0 Å². The molecule has 6 nitrogen and oxygen atoms in total. The van der Waals surface area contributed by atoms with Gasteiger partial charge in [-0.3, -0.25) is 4.79 Å². The molecule has 0 aromatic carbocycles. The van der Waals surface area contributed by atoms with Crippen molar-refractivity contribution in [2.24, 2.45) is 5.73 Å². The van der Waals surface area contributed by atoms with Gasteiger partial charge in [0.1, 0.15) is 0 Å². The van der Waals surface area contributed by atoms with Crippen LogP contribution in [-0.2, 0) is 11.3 Å². The molecule has 0 unspecified atom stereocenters. The molecule has 1 rings (SSSR count). The van der Waals surface area contributed by atoms with E-state index in [0.717, 1.165) is 0 Å². The van der Waals surface area contributed by atoms with E-state index in [9.17, 15) is 4.79 Å². The van der Waals surface area contributed by atoms with Crippen LogP contribution < -0.4 is 11.1 Å². The standard InChI is InChI=1S/C7H10N4O2S/c1-4-10-6(11-13-4)3-9-7(12)2-5(8)14/h2-3H2,1H3,(H2,8,14)(H,9,12). The van der Waals surface area contributed by atoms with Crippen molar-refractivity contribution in [2.75, 3.05) is 0 Å². The van der Waals surface area contributed by atoms with Gasteiger partial charge in [-0.05, 0) is 0 Å². The number of nitrogens with one attached hydrogen (secondary N) is 1. The summed E-state index contributed by atoms with van der Waals surface area (Å²) in [6.45, 7) is 1.89. The molecular formula is C7H10N4O2S. The molecule has 0 fully saturated rings. The lowest BCUT2D eigenvalue weighted by Crippen LogP contribution is -2.27. The quantitative estimate of drug-likeness (QED) is 0.666. The zero-order valence-corrected chi connectivity index (χ0v) is 8.43. The minimum atomic E-state index is -0.250. The Balaban J connectivity index is 2.34. The molecule has 0 atom stereocenters. The maximum Gasteiger partial charge on any atom is 0.227 e. The largest absolute Gasteiger partial charge is 0.393 e. The van der Waals surface area contributed by atoms with Crippen LogP contribution in [0.2, 0.25) is 0 Å². The Morgan fingerprint density at radius 2 is 2.43 bits per heavy atom. The highest BCUT2D eigenvalue weighted by Crippen LogP contribution is 1.94. The molecule has 0 aliphatic rings. The van der Waals surface area contributed by atoms with Gasteiger partial charge in [0.05, 0.1) is 18.0 Å². The van der Waals surface area contributed by atoms with E-state index < -0.39 is 0 Å². The third-order valence-electron chi connectivity index (χ3n) is 1.35. The number of nitrogens with zero attached hydrogens (tertiary/aromatic N) is 2. The maximum atomic E-state index is 11.1. The second-order valence-electron chi connectivity index (χ2n) is 2.65. The average molecular weight is 214 g/mol. The van der Waals surface area contributed by atoms with Crippen molar-refractivity contribution in [3.63, 3.8) is 0 Å². The number of aryl methyl sites for hydroxylation is 1. The molecule has 0 aliphatic heterocycles. The van der Waals surface area contributed by atoms with Gasteiger partial charge in [0.2, 0.25) is 11.8 Å². The topological polar surface area (TPSA) is 94.0 Å². The predicted octanol–water partition coefficient (Wildman–Crippen LogP) is -0.330. The minimum Gasteiger partial charge on any atom is -0.393 e. The summed E-state index contributed by atoms with van der Waals surface area (Å²) >= 11 is 4.57. The Bertz CT molecular complexity index is 349. The van der Waals surface area contributed by atoms with E-state index in [4.69, 9.17) is 10.3 Å². The monoisotopic (exact) mass is 214 g/mol. The summed E-state index contributed by atoms with van der Waals surface area (Å²) in [6.07, 6.45) is 0.0339. The van der Waals surface area contributed by atoms with Gasteiger partial charge < -0.3 is 15.6 Å². The molecule has 0 radical (unpaired) electrons. The molecule has 0 saturated heterocycles. The normalized spacial score (nSPS) is 9.79. The number of carbonyl (C=O) groups excluding carboxylic acids is 1. The number of thiocarbonyl (C=S) groups is 1. The smallest absolute Gasteiger partial charge is 0.227 e. The van der Waals surface area contributed by atoms with Crippen molar-refractivity contribution in [3.05, 3.63) is 11.7 Å². The number of hydrogen-bond acceptors (Lipinski definition) is 5. The molecule has 0 spiro atoms. The Morgan fingerprint density at radius 1 is 1.71 bits per heavy atom.